The number of carbonyl (C=O) groups is 1. The zero-order chi connectivity index (χ0) is 19.3. The van der Waals surface area contributed by atoms with Crippen LogP contribution in [0.4, 0.5) is 0 Å². The molecule has 2 rings (SSSR count). The topological polar surface area (TPSA) is 69.0 Å². The molecule has 1 aromatic heterocycles. The first kappa shape index (κ1) is 20.6. The molecule has 0 spiro atoms. The van der Waals surface area contributed by atoms with Crippen molar-refractivity contribution in [2.75, 3.05) is 0 Å². The molecule has 6 nitrogen and oxygen atoms in total. The predicted molar refractivity (Wildman–Crippen MR) is 105 cm³/mol. The smallest absolute Gasteiger partial charge is 0.233 e. The Morgan fingerprint density at radius 2 is 2.00 bits per heavy atom. The van der Waals surface area contributed by atoms with Crippen LogP contribution in [0.5, 0.6) is 5.75 Å². The minimum Gasteiger partial charge on any atom is -0.486 e. The Morgan fingerprint density at radius 3 is 2.62 bits per heavy atom. The second-order valence-corrected chi connectivity index (χ2v) is 8.43. The van der Waals surface area contributed by atoms with Gasteiger partial charge in [0.1, 0.15) is 12.4 Å². The molecule has 1 N–H and O–H groups in total. The van der Waals surface area contributed by atoms with Gasteiger partial charge in [0.25, 0.3) is 0 Å². The number of hydrogen-bond acceptors (Lipinski definition) is 5. The number of nitrogens with zero attached hydrogens (tertiary/aromatic N) is 3. The maximum absolute atomic E-state index is 12.4. The van der Waals surface area contributed by atoms with Crippen LogP contribution >= 0.6 is 23.4 Å². The van der Waals surface area contributed by atoms with Gasteiger partial charge in [-0.25, -0.2) is 0 Å². The number of hydrogen-bond donors (Lipinski definition) is 1. The van der Waals surface area contributed by atoms with Gasteiger partial charge < -0.3 is 14.6 Å². The van der Waals surface area contributed by atoms with E-state index in [0.717, 1.165) is 6.42 Å². The molecule has 0 bridgehead atoms. The third-order valence-electron chi connectivity index (χ3n) is 4.10. The number of carbonyl (C=O) groups excluding carboxylic acids is 1. The average Bonchev–Trinajstić information content (AvgIpc) is 2.94. The average molecular weight is 397 g/mol. The minimum absolute atomic E-state index is 0.0104. The third kappa shape index (κ3) is 5.64. The highest BCUT2D eigenvalue weighted by Gasteiger charge is 2.24. The normalized spacial score (nSPS) is 12.7. The van der Waals surface area contributed by atoms with Crippen LogP contribution in [0.3, 0.4) is 0 Å². The van der Waals surface area contributed by atoms with Gasteiger partial charge in [-0.15, -0.1) is 10.2 Å². The Labute approximate surface area is 163 Å². The van der Waals surface area contributed by atoms with Crippen molar-refractivity contribution < 1.29 is 9.53 Å². The summed E-state index contributed by atoms with van der Waals surface area (Å²) in [5.41, 5.74) is -0.219. The lowest BCUT2D eigenvalue weighted by molar-refractivity contribution is -0.121. The maximum atomic E-state index is 12.4. The highest BCUT2D eigenvalue weighted by molar-refractivity contribution is 8.00. The summed E-state index contributed by atoms with van der Waals surface area (Å²) in [6.45, 7) is 8.22. The lowest BCUT2D eigenvalue weighted by Gasteiger charge is -2.26. The monoisotopic (exact) mass is 396 g/mol. The molecule has 142 valence electrons. The molecular formula is C18H25ClN4O2S. The van der Waals surface area contributed by atoms with Gasteiger partial charge in [-0.3, -0.25) is 4.79 Å². The number of rotatable bonds is 8. The van der Waals surface area contributed by atoms with Gasteiger partial charge in [-0.05, 0) is 51.5 Å². The van der Waals surface area contributed by atoms with Crippen LogP contribution in [0.15, 0.2) is 29.4 Å². The molecule has 1 aromatic carbocycles. The van der Waals surface area contributed by atoms with E-state index in [2.05, 4.69) is 15.5 Å². The van der Waals surface area contributed by atoms with E-state index in [9.17, 15) is 4.79 Å². The van der Waals surface area contributed by atoms with E-state index >= 15 is 0 Å². The summed E-state index contributed by atoms with van der Waals surface area (Å²) in [6, 6.07) is 7.15. The van der Waals surface area contributed by atoms with Crippen LogP contribution in [0.2, 0.25) is 5.02 Å². The number of thioether (sulfide) groups is 1. The molecule has 1 atom stereocenters. The number of benzene rings is 1. The van der Waals surface area contributed by atoms with Gasteiger partial charge in [0.15, 0.2) is 11.0 Å². The molecule has 0 aliphatic rings. The van der Waals surface area contributed by atoms with E-state index in [4.69, 9.17) is 16.3 Å². The van der Waals surface area contributed by atoms with Crippen molar-refractivity contribution in [1.82, 2.24) is 20.1 Å². The van der Waals surface area contributed by atoms with E-state index in [0.29, 0.717) is 21.8 Å². The van der Waals surface area contributed by atoms with Gasteiger partial charge >= 0.3 is 0 Å². The first-order valence-corrected chi connectivity index (χ1v) is 9.73. The first-order valence-electron chi connectivity index (χ1n) is 8.47. The Morgan fingerprint density at radius 1 is 1.35 bits per heavy atom. The summed E-state index contributed by atoms with van der Waals surface area (Å²) in [5, 5.41) is 12.5. The summed E-state index contributed by atoms with van der Waals surface area (Å²) in [7, 11) is 1.86. The predicted octanol–water partition coefficient (Wildman–Crippen LogP) is 3.83. The van der Waals surface area contributed by atoms with E-state index in [1.165, 1.54) is 11.8 Å². The second kappa shape index (κ2) is 8.77. The zero-order valence-electron chi connectivity index (χ0n) is 15.7. The molecule has 0 aliphatic heterocycles. The summed E-state index contributed by atoms with van der Waals surface area (Å²) >= 11 is 7.24. The molecule has 0 saturated heterocycles. The molecule has 0 fully saturated rings. The standard InChI is InChI=1S/C18H25ClN4O2S/c1-6-18(3,4)20-16(24)12(2)26-17-22-21-15(23(17)5)11-25-14-9-7-13(19)8-10-14/h7-10,12H,6,11H2,1-5H3,(H,20,24). The van der Waals surface area contributed by atoms with Gasteiger partial charge in [0.05, 0.1) is 5.25 Å². The Bertz CT molecular complexity index is 746. The molecule has 1 unspecified atom stereocenters. The molecule has 2 aromatic rings. The number of amides is 1. The molecule has 26 heavy (non-hydrogen) atoms. The lowest BCUT2D eigenvalue weighted by Crippen LogP contribution is -2.46. The molecule has 8 heteroatoms. The third-order valence-corrected chi connectivity index (χ3v) is 5.49. The Balaban J connectivity index is 1.95. The van der Waals surface area contributed by atoms with Crippen LogP contribution in [0, 0.1) is 0 Å². The van der Waals surface area contributed by atoms with Crippen molar-refractivity contribution in [3.63, 3.8) is 0 Å². The molecular weight excluding hydrogens is 372 g/mol. The molecule has 1 heterocycles. The fourth-order valence-electron chi connectivity index (χ4n) is 1.99. The van der Waals surface area contributed by atoms with Gasteiger partial charge in [-0.2, -0.15) is 0 Å². The van der Waals surface area contributed by atoms with Crippen molar-refractivity contribution >= 4 is 29.3 Å². The summed E-state index contributed by atoms with van der Waals surface area (Å²) < 4.78 is 7.55. The highest BCUT2D eigenvalue weighted by atomic mass is 35.5. The minimum atomic E-state index is -0.270. The van der Waals surface area contributed by atoms with Crippen molar-refractivity contribution in [1.29, 1.82) is 0 Å². The SMILES string of the molecule is CCC(C)(C)NC(=O)C(C)Sc1nnc(COc2ccc(Cl)cc2)n1C. The van der Waals surface area contributed by atoms with Crippen LogP contribution in [-0.2, 0) is 18.4 Å². The summed E-state index contributed by atoms with van der Waals surface area (Å²) in [5.74, 6) is 1.38. The number of nitrogens with one attached hydrogen (secondary N) is 1. The largest absolute Gasteiger partial charge is 0.486 e. The Hall–Kier alpha value is -1.73. The molecule has 1 amide bonds. The molecule has 0 saturated carbocycles. The second-order valence-electron chi connectivity index (χ2n) is 6.69. The van der Waals surface area contributed by atoms with E-state index < -0.39 is 0 Å². The van der Waals surface area contributed by atoms with Gasteiger partial charge in [-0.1, -0.05) is 30.3 Å². The first-order chi connectivity index (χ1) is 12.2. The Kier molecular flexibility index (Phi) is 6.94. The van der Waals surface area contributed by atoms with Crippen molar-refractivity contribution in [2.24, 2.45) is 7.05 Å². The fraction of sp³-hybridized carbons (Fsp3) is 0.500. The number of halogens is 1. The fourth-order valence-corrected chi connectivity index (χ4v) is 2.95. The zero-order valence-corrected chi connectivity index (χ0v) is 17.3. The molecule has 0 aliphatic carbocycles. The van der Waals surface area contributed by atoms with Crippen molar-refractivity contribution in [2.45, 2.75) is 56.7 Å². The maximum Gasteiger partial charge on any atom is 0.233 e. The van der Waals surface area contributed by atoms with Gasteiger partial charge in [0.2, 0.25) is 5.91 Å². The highest BCUT2D eigenvalue weighted by Crippen LogP contribution is 2.23. The summed E-state index contributed by atoms with van der Waals surface area (Å²) in [6.07, 6.45) is 0.867. The van der Waals surface area contributed by atoms with Crippen LogP contribution in [-0.4, -0.2) is 31.5 Å². The van der Waals surface area contributed by atoms with Gasteiger partial charge in [0, 0.05) is 17.6 Å². The van der Waals surface area contributed by atoms with E-state index in [-0.39, 0.29) is 23.3 Å². The van der Waals surface area contributed by atoms with Crippen LogP contribution < -0.4 is 10.1 Å². The van der Waals surface area contributed by atoms with Crippen molar-refractivity contribution in [3.05, 3.63) is 35.1 Å². The van der Waals surface area contributed by atoms with E-state index in [1.54, 1.807) is 24.3 Å². The lowest BCUT2D eigenvalue weighted by atomic mass is 10.0. The number of ether oxygens (including phenoxy) is 1. The van der Waals surface area contributed by atoms with Crippen LogP contribution in [0.25, 0.3) is 0 Å². The van der Waals surface area contributed by atoms with Crippen molar-refractivity contribution in [3.8, 4) is 5.75 Å². The van der Waals surface area contributed by atoms with E-state index in [1.807, 2.05) is 39.3 Å². The van der Waals surface area contributed by atoms with Crippen LogP contribution in [0.1, 0.15) is 39.9 Å². The number of aromatic nitrogens is 3. The summed E-state index contributed by atoms with van der Waals surface area (Å²) in [4.78, 5) is 12.4. The molecule has 0 radical (unpaired) electrons. The quantitative estimate of drug-likeness (QED) is 0.686.